The van der Waals surface area contributed by atoms with Crippen molar-refractivity contribution in [2.24, 2.45) is 4.99 Å². The van der Waals surface area contributed by atoms with E-state index >= 15 is 0 Å². The molecule has 0 saturated heterocycles. The van der Waals surface area contributed by atoms with Crippen LogP contribution in [0.5, 0.6) is 5.75 Å². The Kier molecular flexibility index (Phi) is 10.5. The van der Waals surface area contributed by atoms with Gasteiger partial charge in [0.25, 0.3) is 0 Å². The standard InChI is InChI=1S/C18H25N3O2S.HI/c1-4-19-18(20-11-12-22-2)21-13-16-9-10-17(24-16)14-5-7-15(23-3)8-6-14;/h5-10H,4,11-13H2,1-3H3,(H2,19,20,21);1H. The lowest BCUT2D eigenvalue weighted by Crippen LogP contribution is -2.38. The van der Waals surface area contributed by atoms with E-state index in [1.807, 2.05) is 12.1 Å². The zero-order valence-electron chi connectivity index (χ0n) is 14.9. The van der Waals surface area contributed by atoms with Crippen molar-refractivity contribution in [1.82, 2.24) is 10.6 Å². The molecule has 0 spiro atoms. The molecule has 7 heteroatoms. The molecule has 0 unspecified atom stereocenters. The van der Waals surface area contributed by atoms with E-state index < -0.39 is 0 Å². The van der Waals surface area contributed by atoms with Crippen molar-refractivity contribution in [3.63, 3.8) is 0 Å². The minimum Gasteiger partial charge on any atom is -0.497 e. The summed E-state index contributed by atoms with van der Waals surface area (Å²) in [6.07, 6.45) is 0. The highest BCUT2D eigenvalue weighted by atomic mass is 127. The summed E-state index contributed by atoms with van der Waals surface area (Å²) in [7, 11) is 3.37. The molecule has 0 bridgehead atoms. The SMILES string of the molecule is CCNC(=NCc1ccc(-c2ccc(OC)cc2)s1)NCCOC.I. The van der Waals surface area contributed by atoms with Crippen LogP contribution in [0.25, 0.3) is 10.4 Å². The number of benzene rings is 1. The van der Waals surface area contributed by atoms with Crippen LogP contribution in [0.1, 0.15) is 11.8 Å². The molecule has 1 aromatic heterocycles. The maximum Gasteiger partial charge on any atom is 0.191 e. The van der Waals surface area contributed by atoms with Crippen LogP contribution >= 0.6 is 35.3 Å². The molecule has 0 aliphatic rings. The van der Waals surface area contributed by atoms with Crippen molar-refractivity contribution in [1.29, 1.82) is 0 Å². The second kappa shape index (κ2) is 12.1. The first kappa shape index (κ1) is 21.7. The number of guanidine groups is 1. The maximum absolute atomic E-state index is 5.20. The van der Waals surface area contributed by atoms with Crippen molar-refractivity contribution in [3.8, 4) is 16.2 Å². The topological polar surface area (TPSA) is 54.9 Å². The molecule has 138 valence electrons. The molecule has 5 nitrogen and oxygen atoms in total. The summed E-state index contributed by atoms with van der Waals surface area (Å²) in [6.45, 7) is 4.94. The van der Waals surface area contributed by atoms with Gasteiger partial charge in [-0.05, 0) is 48.9 Å². The van der Waals surface area contributed by atoms with Crippen LogP contribution in [0.3, 0.4) is 0 Å². The lowest BCUT2D eigenvalue weighted by molar-refractivity contribution is 0.203. The van der Waals surface area contributed by atoms with Crippen molar-refractivity contribution in [2.45, 2.75) is 13.5 Å². The summed E-state index contributed by atoms with van der Waals surface area (Å²) in [5, 5.41) is 6.48. The quantitative estimate of drug-likeness (QED) is 0.264. The summed E-state index contributed by atoms with van der Waals surface area (Å²) in [4.78, 5) is 7.08. The fraction of sp³-hybridized carbons (Fsp3) is 0.389. The third-order valence-electron chi connectivity index (χ3n) is 3.37. The number of methoxy groups -OCH3 is 2. The van der Waals surface area contributed by atoms with Gasteiger partial charge in [0, 0.05) is 30.0 Å². The summed E-state index contributed by atoms with van der Waals surface area (Å²) >= 11 is 1.76. The fourth-order valence-corrected chi connectivity index (χ4v) is 3.08. The number of thiophene rings is 1. The molecule has 0 atom stereocenters. The summed E-state index contributed by atoms with van der Waals surface area (Å²) < 4.78 is 10.3. The zero-order chi connectivity index (χ0) is 17.2. The van der Waals surface area contributed by atoms with Gasteiger partial charge in [-0.25, -0.2) is 4.99 Å². The van der Waals surface area contributed by atoms with Crippen LogP contribution in [-0.4, -0.2) is 39.9 Å². The molecule has 1 aromatic carbocycles. The lowest BCUT2D eigenvalue weighted by atomic mass is 10.2. The Labute approximate surface area is 170 Å². The number of hydrogen-bond acceptors (Lipinski definition) is 4. The van der Waals surface area contributed by atoms with Crippen molar-refractivity contribution < 1.29 is 9.47 Å². The first-order valence-corrected chi connectivity index (χ1v) is 8.82. The van der Waals surface area contributed by atoms with Crippen LogP contribution in [0.2, 0.25) is 0 Å². The highest BCUT2D eigenvalue weighted by Crippen LogP contribution is 2.29. The van der Waals surface area contributed by atoms with E-state index in [9.17, 15) is 0 Å². The molecular formula is C18H26IN3O2S. The normalized spacial score (nSPS) is 10.9. The third-order valence-corrected chi connectivity index (χ3v) is 4.49. The summed E-state index contributed by atoms with van der Waals surface area (Å²) in [6, 6.07) is 12.4. The number of ether oxygens (including phenoxy) is 2. The van der Waals surface area contributed by atoms with E-state index in [0.717, 1.165) is 24.8 Å². The number of aliphatic imine (C=N–C) groups is 1. The Hall–Kier alpha value is -1.32. The highest BCUT2D eigenvalue weighted by molar-refractivity contribution is 14.0. The molecule has 0 aliphatic heterocycles. The molecule has 0 radical (unpaired) electrons. The van der Waals surface area contributed by atoms with Crippen molar-refractivity contribution in [3.05, 3.63) is 41.3 Å². The predicted molar refractivity (Wildman–Crippen MR) is 116 cm³/mol. The maximum atomic E-state index is 5.20. The van der Waals surface area contributed by atoms with E-state index in [2.05, 4.69) is 46.8 Å². The molecule has 0 aliphatic carbocycles. The molecule has 25 heavy (non-hydrogen) atoms. The fourth-order valence-electron chi connectivity index (χ4n) is 2.14. The Bertz CT molecular complexity index is 644. The minimum absolute atomic E-state index is 0. The van der Waals surface area contributed by atoms with Gasteiger partial charge in [-0.3, -0.25) is 0 Å². The number of nitrogens with one attached hydrogen (secondary N) is 2. The Morgan fingerprint density at radius 1 is 1.08 bits per heavy atom. The predicted octanol–water partition coefficient (Wildman–Crippen LogP) is 3.74. The first-order chi connectivity index (χ1) is 11.8. The molecule has 0 amide bonds. The van der Waals surface area contributed by atoms with Gasteiger partial charge in [-0.1, -0.05) is 0 Å². The van der Waals surface area contributed by atoms with Gasteiger partial charge < -0.3 is 20.1 Å². The third kappa shape index (κ3) is 7.21. The van der Waals surface area contributed by atoms with Gasteiger partial charge in [0.1, 0.15) is 5.75 Å². The van der Waals surface area contributed by atoms with Crippen molar-refractivity contribution >= 4 is 41.3 Å². The zero-order valence-corrected chi connectivity index (χ0v) is 18.0. The first-order valence-electron chi connectivity index (χ1n) is 8.01. The van der Waals surface area contributed by atoms with E-state index in [1.165, 1.54) is 15.3 Å². The number of hydrogen-bond donors (Lipinski definition) is 2. The van der Waals surface area contributed by atoms with Gasteiger partial charge >= 0.3 is 0 Å². The van der Waals surface area contributed by atoms with Crippen LogP contribution in [0, 0.1) is 0 Å². The van der Waals surface area contributed by atoms with Gasteiger partial charge in [-0.15, -0.1) is 35.3 Å². The average Bonchev–Trinajstić information content (AvgIpc) is 3.09. The van der Waals surface area contributed by atoms with Crippen molar-refractivity contribution in [2.75, 3.05) is 33.9 Å². The second-order valence-corrected chi connectivity index (χ2v) is 6.28. The van der Waals surface area contributed by atoms with E-state index in [-0.39, 0.29) is 24.0 Å². The summed E-state index contributed by atoms with van der Waals surface area (Å²) in [5.74, 6) is 1.69. The second-order valence-electron chi connectivity index (χ2n) is 5.11. The van der Waals surface area contributed by atoms with E-state index in [4.69, 9.17) is 9.47 Å². The Morgan fingerprint density at radius 3 is 2.48 bits per heavy atom. The molecule has 0 saturated carbocycles. The van der Waals surface area contributed by atoms with Gasteiger partial charge in [0.2, 0.25) is 0 Å². The lowest BCUT2D eigenvalue weighted by Gasteiger charge is -2.10. The van der Waals surface area contributed by atoms with Crippen LogP contribution < -0.4 is 15.4 Å². The summed E-state index contributed by atoms with van der Waals surface area (Å²) in [5.41, 5.74) is 1.20. The molecule has 2 rings (SSSR count). The minimum atomic E-state index is 0. The average molecular weight is 475 g/mol. The van der Waals surface area contributed by atoms with Gasteiger partial charge in [-0.2, -0.15) is 0 Å². The smallest absolute Gasteiger partial charge is 0.191 e. The molecule has 1 heterocycles. The monoisotopic (exact) mass is 475 g/mol. The molecular weight excluding hydrogens is 449 g/mol. The van der Waals surface area contributed by atoms with E-state index in [1.54, 1.807) is 25.6 Å². The molecule has 0 fully saturated rings. The highest BCUT2D eigenvalue weighted by Gasteiger charge is 2.04. The van der Waals surface area contributed by atoms with Gasteiger partial charge in [0.15, 0.2) is 5.96 Å². The molecule has 2 aromatic rings. The molecule has 2 N–H and O–H groups in total. The van der Waals surface area contributed by atoms with Gasteiger partial charge in [0.05, 0.1) is 20.3 Å². The largest absolute Gasteiger partial charge is 0.497 e. The number of rotatable bonds is 8. The number of nitrogens with zero attached hydrogens (tertiary/aromatic N) is 1. The number of halogens is 1. The van der Waals surface area contributed by atoms with Crippen LogP contribution in [0.15, 0.2) is 41.4 Å². The Balaban J connectivity index is 0.00000312. The van der Waals surface area contributed by atoms with E-state index in [0.29, 0.717) is 13.2 Å². The van der Waals surface area contributed by atoms with Crippen LogP contribution in [0.4, 0.5) is 0 Å². The van der Waals surface area contributed by atoms with Crippen LogP contribution in [-0.2, 0) is 11.3 Å². The Morgan fingerprint density at radius 2 is 1.84 bits per heavy atom.